The zero-order chi connectivity index (χ0) is 18.4. The summed E-state index contributed by atoms with van der Waals surface area (Å²) < 4.78 is 0. The third-order valence-corrected chi connectivity index (χ3v) is 6.23. The number of aliphatic imine (C=N–C) groups is 1. The normalized spacial score (nSPS) is 27.4. The van der Waals surface area contributed by atoms with Crippen LogP contribution in [0.3, 0.4) is 0 Å². The predicted octanol–water partition coefficient (Wildman–Crippen LogP) is 2.65. The number of nitrogens with zero attached hydrogens (tertiary/aromatic N) is 3. The lowest BCUT2D eigenvalue weighted by molar-refractivity contribution is 0.149. The monoisotopic (exact) mass is 365 g/mol. The lowest BCUT2D eigenvalue weighted by atomic mass is 10.1. The molecular formula is C21H27N5O. The zero-order valence-corrected chi connectivity index (χ0v) is 15.8. The summed E-state index contributed by atoms with van der Waals surface area (Å²) in [5.74, 6) is 2.54. The molecule has 4 aliphatic rings. The van der Waals surface area contributed by atoms with E-state index in [2.05, 4.69) is 34.9 Å². The summed E-state index contributed by atoms with van der Waals surface area (Å²) in [6, 6.07) is 10.8. The van der Waals surface area contributed by atoms with Crippen molar-refractivity contribution in [1.82, 2.24) is 20.4 Å². The molecule has 2 amide bonds. The third-order valence-electron chi connectivity index (χ3n) is 6.23. The molecule has 2 atom stereocenters. The Morgan fingerprint density at radius 3 is 2.70 bits per heavy atom. The number of likely N-dealkylation sites (N-methyl/N-ethyl adjacent to an activating group) is 1. The van der Waals surface area contributed by atoms with Crippen molar-refractivity contribution in [1.29, 1.82) is 0 Å². The van der Waals surface area contributed by atoms with Crippen LogP contribution in [0.4, 0.5) is 4.79 Å². The molecule has 1 saturated heterocycles. The molecule has 6 heteroatoms. The molecule has 5 rings (SSSR count). The average molecular weight is 365 g/mol. The Kier molecular flexibility index (Phi) is 4.06. The van der Waals surface area contributed by atoms with Crippen molar-refractivity contribution in [3.63, 3.8) is 0 Å². The van der Waals surface area contributed by atoms with Crippen molar-refractivity contribution in [3.05, 3.63) is 47.4 Å². The van der Waals surface area contributed by atoms with Crippen molar-refractivity contribution in [2.24, 2.45) is 10.9 Å². The second-order valence-electron chi connectivity index (χ2n) is 7.97. The highest BCUT2D eigenvalue weighted by molar-refractivity contribution is 5.91. The van der Waals surface area contributed by atoms with Gasteiger partial charge in [-0.25, -0.2) is 9.79 Å². The highest BCUT2D eigenvalue weighted by Gasteiger charge is 2.46. The molecule has 0 radical (unpaired) electrons. The van der Waals surface area contributed by atoms with Crippen molar-refractivity contribution in [3.8, 4) is 0 Å². The number of benzene rings is 1. The lowest BCUT2D eigenvalue weighted by Gasteiger charge is -2.36. The molecule has 1 saturated carbocycles. The Morgan fingerprint density at radius 1 is 1.19 bits per heavy atom. The van der Waals surface area contributed by atoms with Crippen LogP contribution in [0.25, 0.3) is 0 Å². The number of urea groups is 1. The van der Waals surface area contributed by atoms with Crippen LogP contribution in [0, 0.1) is 5.92 Å². The van der Waals surface area contributed by atoms with Gasteiger partial charge in [0.1, 0.15) is 17.4 Å². The molecule has 142 valence electrons. The van der Waals surface area contributed by atoms with Gasteiger partial charge in [0.25, 0.3) is 0 Å². The van der Waals surface area contributed by atoms with E-state index in [0.29, 0.717) is 19.0 Å². The van der Waals surface area contributed by atoms with Crippen LogP contribution < -0.4 is 10.6 Å². The maximum atomic E-state index is 13.1. The Balaban J connectivity index is 1.42. The largest absolute Gasteiger partial charge is 0.365 e. The van der Waals surface area contributed by atoms with E-state index in [0.717, 1.165) is 23.8 Å². The second-order valence-corrected chi connectivity index (χ2v) is 7.97. The summed E-state index contributed by atoms with van der Waals surface area (Å²) in [4.78, 5) is 21.8. The molecule has 0 aromatic heterocycles. The van der Waals surface area contributed by atoms with Gasteiger partial charge in [0.15, 0.2) is 6.17 Å². The number of carbonyl (C=O) groups excluding carboxylic acids is 1. The van der Waals surface area contributed by atoms with Crippen molar-refractivity contribution < 1.29 is 4.79 Å². The summed E-state index contributed by atoms with van der Waals surface area (Å²) in [6.07, 6.45) is 5.69. The maximum absolute atomic E-state index is 13.1. The number of carbonyl (C=O) groups is 1. The van der Waals surface area contributed by atoms with E-state index in [1.165, 1.54) is 31.2 Å². The standard InChI is InChI=1S/C21H27N5O/c1-2-25-20-17(23-18(24-20)15-10-6-7-11-15)19-22-16(13-26(19)21(25)27)12-14-8-4-3-5-9-14/h3-5,8-9,15-16,20,22H,2,6-7,10-13H2,1H3,(H,23,24)/t16-,20?/m1/s1. The predicted molar refractivity (Wildman–Crippen MR) is 105 cm³/mol. The first-order valence-corrected chi connectivity index (χ1v) is 10.2. The number of hydrogen-bond acceptors (Lipinski definition) is 4. The van der Waals surface area contributed by atoms with Gasteiger partial charge < -0.3 is 10.6 Å². The minimum Gasteiger partial charge on any atom is -0.365 e. The SMILES string of the molecule is CCN1C(=O)N2C[C@@H](Cc3ccccc3)NC2=C2NC(C3CCCC3)=NC21. The van der Waals surface area contributed by atoms with Gasteiger partial charge in [-0.15, -0.1) is 0 Å². The first-order chi connectivity index (χ1) is 13.2. The van der Waals surface area contributed by atoms with E-state index in [4.69, 9.17) is 4.99 Å². The Hall–Kier alpha value is -2.50. The maximum Gasteiger partial charge on any atom is 0.327 e. The molecule has 6 nitrogen and oxygen atoms in total. The van der Waals surface area contributed by atoms with Gasteiger partial charge in [0.2, 0.25) is 0 Å². The molecule has 3 heterocycles. The van der Waals surface area contributed by atoms with Crippen LogP contribution in [0.2, 0.25) is 0 Å². The first-order valence-electron chi connectivity index (χ1n) is 10.2. The molecular weight excluding hydrogens is 338 g/mol. The van der Waals surface area contributed by atoms with Crippen LogP contribution in [-0.2, 0) is 6.42 Å². The molecule has 0 spiro atoms. The number of fused-ring (bicyclic) bond motifs is 2. The van der Waals surface area contributed by atoms with Gasteiger partial charge in [-0.1, -0.05) is 43.2 Å². The number of nitrogens with one attached hydrogen (secondary N) is 2. The molecule has 1 unspecified atom stereocenters. The third kappa shape index (κ3) is 2.78. The van der Waals surface area contributed by atoms with E-state index >= 15 is 0 Å². The van der Waals surface area contributed by atoms with Gasteiger partial charge in [-0.05, 0) is 31.7 Å². The van der Waals surface area contributed by atoms with Crippen LogP contribution >= 0.6 is 0 Å². The van der Waals surface area contributed by atoms with Crippen molar-refractivity contribution >= 4 is 11.9 Å². The number of hydrogen-bond donors (Lipinski definition) is 2. The number of amidine groups is 1. The molecule has 27 heavy (non-hydrogen) atoms. The van der Waals surface area contributed by atoms with Crippen LogP contribution in [-0.4, -0.2) is 47.0 Å². The van der Waals surface area contributed by atoms with E-state index in [9.17, 15) is 4.79 Å². The van der Waals surface area contributed by atoms with Crippen LogP contribution in [0.15, 0.2) is 46.8 Å². The summed E-state index contributed by atoms with van der Waals surface area (Å²) in [6.45, 7) is 3.41. The van der Waals surface area contributed by atoms with E-state index in [-0.39, 0.29) is 18.2 Å². The van der Waals surface area contributed by atoms with Crippen LogP contribution in [0.1, 0.15) is 38.2 Å². The molecule has 3 aliphatic heterocycles. The number of rotatable bonds is 4. The quantitative estimate of drug-likeness (QED) is 0.862. The summed E-state index contributed by atoms with van der Waals surface area (Å²) >= 11 is 0. The highest BCUT2D eigenvalue weighted by Crippen LogP contribution is 2.35. The van der Waals surface area contributed by atoms with Crippen molar-refractivity contribution in [2.45, 2.75) is 51.2 Å². The topological polar surface area (TPSA) is 60.0 Å². The van der Waals surface area contributed by atoms with Gasteiger partial charge in [-0.3, -0.25) is 9.80 Å². The van der Waals surface area contributed by atoms with Gasteiger partial charge in [0, 0.05) is 25.0 Å². The van der Waals surface area contributed by atoms with Gasteiger partial charge >= 0.3 is 6.03 Å². The molecule has 1 aromatic rings. The second kappa shape index (κ2) is 6.59. The van der Waals surface area contributed by atoms with E-state index < -0.39 is 0 Å². The summed E-state index contributed by atoms with van der Waals surface area (Å²) in [5, 5.41) is 7.23. The fraction of sp³-hybridized carbons (Fsp3) is 0.524. The number of amides is 2. The highest BCUT2D eigenvalue weighted by atomic mass is 16.2. The minimum atomic E-state index is -0.188. The average Bonchev–Trinajstić information content (AvgIpc) is 3.42. The smallest absolute Gasteiger partial charge is 0.327 e. The Morgan fingerprint density at radius 2 is 1.96 bits per heavy atom. The van der Waals surface area contributed by atoms with E-state index in [1.807, 2.05) is 22.8 Å². The molecule has 0 bridgehead atoms. The van der Waals surface area contributed by atoms with Crippen molar-refractivity contribution in [2.75, 3.05) is 13.1 Å². The van der Waals surface area contributed by atoms with E-state index in [1.54, 1.807) is 0 Å². The lowest BCUT2D eigenvalue weighted by Crippen LogP contribution is -2.52. The molecule has 1 aromatic carbocycles. The first kappa shape index (κ1) is 16.7. The summed E-state index contributed by atoms with van der Waals surface area (Å²) in [5.41, 5.74) is 2.35. The fourth-order valence-corrected chi connectivity index (χ4v) is 4.85. The molecule has 2 N–H and O–H groups in total. The molecule has 1 aliphatic carbocycles. The van der Waals surface area contributed by atoms with Gasteiger partial charge in [-0.2, -0.15) is 0 Å². The Labute approximate surface area is 160 Å². The summed E-state index contributed by atoms with van der Waals surface area (Å²) in [7, 11) is 0. The Bertz CT molecular complexity index is 796. The van der Waals surface area contributed by atoms with Gasteiger partial charge in [0.05, 0.1) is 0 Å². The minimum absolute atomic E-state index is 0.0718. The zero-order valence-electron chi connectivity index (χ0n) is 15.8. The van der Waals surface area contributed by atoms with Crippen LogP contribution in [0.5, 0.6) is 0 Å². The molecule has 2 fully saturated rings. The fourth-order valence-electron chi connectivity index (χ4n) is 4.85.